The number of primary amides is 1. The average Bonchev–Trinajstić information content (AvgIpc) is 2.73. The zero-order valence-corrected chi connectivity index (χ0v) is 17.9. The summed E-state index contributed by atoms with van der Waals surface area (Å²) in [4.78, 5) is 33.9. The van der Waals surface area contributed by atoms with Crippen molar-refractivity contribution < 1.29 is 24.6 Å². The van der Waals surface area contributed by atoms with Crippen molar-refractivity contribution in [1.82, 2.24) is 0 Å². The summed E-state index contributed by atoms with van der Waals surface area (Å²) in [5, 5.41) is 21.4. The minimum absolute atomic E-state index is 0.135. The first-order valence-electron chi connectivity index (χ1n) is 10.3. The Balaban J connectivity index is 2.13. The van der Waals surface area contributed by atoms with Crippen LogP contribution in [0.15, 0.2) is 30.0 Å². The van der Waals surface area contributed by atoms with E-state index < -0.39 is 35.8 Å². The Hall–Kier alpha value is -2.91. The maximum atomic E-state index is 11.7. The molecule has 0 saturated carbocycles. The van der Waals surface area contributed by atoms with Crippen LogP contribution in [0.4, 0.5) is 5.69 Å². The van der Waals surface area contributed by atoms with E-state index in [1.807, 2.05) is 18.2 Å². The smallest absolute Gasteiger partial charge is 0.321 e. The summed E-state index contributed by atoms with van der Waals surface area (Å²) >= 11 is 0. The largest absolute Gasteiger partial charge is 0.480 e. The molecule has 1 aliphatic rings. The summed E-state index contributed by atoms with van der Waals surface area (Å²) in [6, 6.07) is 3.97. The molecule has 1 heterocycles. The van der Waals surface area contributed by atoms with Crippen molar-refractivity contribution in [3.8, 4) is 0 Å². The summed E-state index contributed by atoms with van der Waals surface area (Å²) in [7, 11) is 0. The van der Waals surface area contributed by atoms with Gasteiger partial charge in [-0.3, -0.25) is 14.4 Å². The number of hydrogen-bond donors (Lipinski definition) is 6. The molecule has 1 amide bonds. The van der Waals surface area contributed by atoms with Crippen LogP contribution in [0.2, 0.25) is 0 Å². The number of anilines is 1. The van der Waals surface area contributed by atoms with Crippen molar-refractivity contribution in [1.29, 1.82) is 0 Å². The van der Waals surface area contributed by atoms with Crippen LogP contribution in [0.25, 0.3) is 0 Å². The highest BCUT2D eigenvalue weighted by molar-refractivity contribution is 5.77. The van der Waals surface area contributed by atoms with E-state index in [2.05, 4.69) is 5.32 Å². The molecule has 1 aromatic rings. The molecular weight excluding hydrogens is 400 g/mol. The van der Waals surface area contributed by atoms with Gasteiger partial charge in [0.1, 0.15) is 12.1 Å². The Morgan fingerprint density at radius 3 is 2.35 bits per heavy atom. The van der Waals surface area contributed by atoms with E-state index in [0.717, 1.165) is 22.4 Å². The number of aliphatic carboxylic acids is 2. The fourth-order valence-corrected chi connectivity index (χ4v) is 3.80. The number of benzene rings is 1. The van der Waals surface area contributed by atoms with Crippen molar-refractivity contribution in [2.24, 2.45) is 35.0 Å². The van der Waals surface area contributed by atoms with Crippen LogP contribution in [-0.2, 0) is 27.2 Å². The molecule has 0 saturated heterocycles. The van der Waals surface area contributed by atoms with Crippen molar-refractivity contribution in [2.45, 2.75) is 51.6 Å². The van der Waals surface area contributed by atoms with Crippen LogP contribution in [0.1, 0.15) is 37.8 Å². The molecule has 9 N–H and O–H groups in total. The molecule has 0 radical (unpaired) electrons. The lowest BCUT2D eigenvalue weighted by atomic mass is 9.82. The molecule has 9 heteroatoms. The predicted molar refractivity (Wildman–Crippen MR) is 117 cm³/mol. The number of nitrogens with one attached hydrogen (secondary N) is 1. The molecule has 0 fully saturated rings. The SMILES string of the molecule is CC(C(N)=O)C(CCC(N)C(=O)O)Cc1ccc2c(c1)NC=C(C(C)C(N)C(=O)O)C2. The van der Waals surface area contributed by atoms with Crippen molar-refractivity contribution in [3.63, 3.8) is 0 Å². The Labute approximate surface area is 181 Å². The van der Waals surface area contributed by atoms with Gasteiger partial charge in [0.25, 0.3) is 0 Å². The van der Waals surface area contributed by atoms with Crippen LogP contribution >= 0.6 is 0 Å². The number of fused-ring (bicyclic) bond motifs is 1. The number of nitrogens with two attached hydrogens (primary N) is 3. The van der Waals surface area contributed by atoms with Gasteiger partial charge in [0.05, 0.1) is 0 Å². The van der Waals surface area contributed by atoms with E-state index in [-0.39, 0.29) is 18.3 Å². The standard InChI is InChI=1S/C22H32N4O5/c1-11(19(24)22(30)31)16-9-15-4-3-13(8-18(15)26-10-16)7-14(12(2)20(25)27)5-6-17(23)21(28)29/h3-4,8,10-12,14,17,19,26H,5-7,9,23-24H2,1-2H3,(H2,25,27)(H,28,29)(H,30,31). The maximum Gasteiger partial charge on any atom is 0.321 e. The third kappa shape index (κ3) is 6.28. The second kappa shape index (κ2) is 10.4. The lowest BCUT2D eigenvalue weighted by Crippen LogP contribution is -2.38. The van der Waals surface area contributed by atoms with Crippen molar-refractivity contribution >= 4 is 23.5 Å². The van der Waals surface area contributed by atoms with Gasteiger partial charge in [0.15, 0.2) is 0 Å². The fourth-order valence-electron chi connectivity index (χ4n) is 3.80. The van der Waals surface area contributed by atoms with Gasteiger partial charge in [-0.05, 0) is 54.4 Å². The lowest BCUT2D eigenvalue weighted by molar-refractivity contribution is -0.140. The van der Waals surface area contributed by atoms with Gasteiger partial charge in [0, 0.05) is 23.7 Å². The van der Waals surface area contributed by atoms with Gasteiger partial charge in [-0.25, -0.2) is 0 Å². The molecule has 5 unspecified atom stereocenters. The highest BCUT2D eigenvalue weighted by Crippen LogP contribution is 2.31. The quantitative estimate of drug-likeness (QED) is 0.300. The third-order valence-corrected chi connectivity index (χ3v) is 6.21. The summed E-state index contributed by atoms with van der Waals surface area (Å²) in [6.45, 7) is 3.54. The molecule has 1 aromatic carbocycles. The second-order valence-electron chi connectivity index (χ2n) is 8.36. The zero-order valence-electron chi connectivity index (χ0n) is 17.9. The highest BCUT2D eigenvalue weighted by atomic mass is 16.4. The van der Waals surface area contributed by atoms with Gasteiger partial charge in [0.2, 0.25) is 5.91 Å². The predicted octanol–water partition coefficient (Wildman–Crippen LogP) is 1.06. The zero-order chi connectivity index (χ0) is 23.3. The van der Waals surface area contributed by atoms with Gasteiger partial charge in [-0.15, -0.1) is 0 Å². The molecule has 9 nitrogen and oxygen atoms in total. The van der Waals surface area contributed by atoms with Gasteiger partial charge in [-0.2, -0.15) is 0 Å². The molecule has 1 aliphatic heterocycles. The van der Waals surface area contributed by atoms with Gasteiger partial charge in [-0.1, -0.05) is 26.0 Å². The lowest BCUT2D eigenvalue weighted by Gasteiger charge is -2.26. The van der Waals surface area contributed by atoms with E-state index in [1.165, 1.54) is 0 Å². The number of amides is 1. The van der Waals surface area contributed by atoms with Crippen molar-refractivity contribution in [3.05, 3.63) is 41.1 Å². The van der Waals surface area contributed by atoms with Crippen LogP contribution in [-0.4, -0.2) is 40.1 Å². The number of rotatable bonds is 11. The molecule has 0 aliphatic carbocycles. The summed E-state index contributed by atoms with van der Waals surface area (Å²) < 4.78 is 0. The molecular formula is C22H32N4O5. The van der Waals surface area contributed by atoms with Crippen LogP contribution in [0, 0.1) is 17.8 Å². The highest BCUT2D eigenvalue weighted by Gasteiger charge is 2.27. The van der Waals surface area contributed by atoms with E-state index in [1.54, 1.807) is 20.0 Å². The topological polar surface area (TPSA) is 182 Å². The first-order chi connectivity index (χ1) is 14.5. The third-order valence-electron chi connectivity index (χ3n) is 6.21. The Morgan fingerprint density at radius 2 is 1.77 bits per heavy atom. The van der Waals surface area contributed by atoms with Gasteiger partial charge >= 0.3 is 11.9 Å². The molecule has 0 spiro atoms. The Morgan fingerprint density at radius 1 is 1.10 bits per heavy atom. The minimum atomic E-state index is -1.07. The monoisotopic (exact) mass is 432 g/mol. The molecule has 5 atom stereocenters. The number of carboxylic acids is 2. The normalized spacial score (nSPS) is 17.9. The molecule has 0 bridgehead atoms. The number of carbonyl (C=O) groups is 3. The molecule has 0 aromatic heterocycles. The summed E-state index contributed by atoms with van der Waals surface area (Å²) in [5.74, 6) is -3.40. The second-order valence-corrected chi connectivity index (χ2v) is 8.36. The van der Waals surface area contributed by atoms with Crippen LogP contribution < -0.4 is 22.5 Å². The number of carbonyl (C=O) groups excluding carboxylic acids is 1. The van der Waals surface area contributed by atoms with E-state index in [9.17, 15) is 14.4 Å². The van der Waals surface area contributed by atoms with E-state index >= 15 is 0 Å². The first kappa shape index (κ1) is 24.4. The van der Waals surface area contributed by atoms with Gasteiger partial charge < -0.3 is 32.7 Å². The fraction of sp³-hybridized carbons (Fsp3) is 0.500. The molecule has 2 rings (SSSR count). The maximum absolute atomic E-state index is 11.7. The summed E-state index contributed by atoms with van der Waals surface area (Å²) in [6.07, 6.45) is 3.68. The molecule has 170 valence electrons. The van der Waals surface area contributed by atoms with E-state index in [0.29, 0.717) is 19.3 Å². The molecule has 31 heavy (non-hydrogen) atoms. The summed E-state index contributed by atoms with van der Waals surface area (Å²) in [5.41, 5.74) is 20.7. The van der Waals surface area contributed by atoms with Crippen LogP contribution in [0.5, 0.6) is 0 Å². The minimum Gasteiger partial charge on any atom is -0.480 e. The van der Waals surface area contributed by atoms with Crippen molar-refractivity contribution in [2.75, 3.05) is 5.32 Å². The number of hydrogen-bond acceptors (Lipinski definition) is 6. The van der Waals surface area contributed by atoms with Crippen LogP contribution in [0.3, 0.4) is 0 Å². The Kier molecular flexibility index (Phi) is 8.18. The number of carboxylic acid groups (broad SMARTS) is 2. The first-order valence-corrected chi connectivity index (χ1v) is 10.3. The Bertz CT molecular complexity index is 869. The van der Waals surface area contributed by atoms with E-state index in [4.69, 9.17) is 27.4 Å². The average molecular weight is 433 g/mol.